The van der Waals surface area contributed by atoms with Crippen molar-refractivity contribution in [2.24, 2.45) is 4.99 Å². The van der Waals surface area contributed by atoms with E-state index in [1.807, 2.05) is 38.9 Å². The summed E-state index contributed by atoms with van der Waals surface area (Å²) in [4.78, 5) is 29.5. The van der Waals surface area contributed by atoms with Gasteiger partial charge >= 0.3 is 0 Å². The molecule has 8 heteroatoms. The minimum absolute atomic E-state index is 0.267. The third-order valence-corrected chi connectivity index (χ3v) is 6.34. The van der Waals surface area contributed by atoms with E-state index in [9.17, 15) is 4.79 Å². The number of H-pyrrole nitrogens is 1. The zero-order valence-corrected chi connectivity index (χ0v) is 20.1. The van der Waals surface area contributed by atoms with E-state index in [1.54, 1.807) is 20.3 Å². The predicted molar refractivity (Wildman–Crippen MR) is 133 cm³/mol. The Bertz CT molecular complexity index is 1260. The number of aliphatic imine (C=N–C) groups is 1. The standard InChI is InChI=1S/C25H31N5O3/c1-15-22-20(13-21(32-5)23(15)33-6)27-25(28-24(22)31)30-11-10-18(14-30)17-8-7-9-19(12-17)26-16(2)29(3)4/h7-9,12-13,18H,10-11,14H2,1-6H3,(H,27,28,31). The monoisotopic (exact) mass is 449 g/mol. The molecule has 174 valence electrons. The van der Waals surface area contributed by atoms with E-state index in [0.29, 0.717) is 34.3 Å². The van der Waals surface area contributed by atoms with Gasteiger partial charge in [-0.2, -0.15) is 4.98 Å². The lowest BCUT2D eigenvalue weighted by Gasteiger charge is -2.19. The maximum atomic E-state index is 12.9. The molecule has 0 aliphatic carbocycles. The lowest BCUT2D eigenvalue weighted by molar-refractivity contribution is 0.354. The molecule has 1 unspecified atom stereocenters. The molecule has 1 fully saturated rings. The Hall–Kier alpha value is -3.55. The summed E-state index contributed by atoms with van der Waals surface area (Å²) in [6.07, 6.45) is 0.979. The number of anilines is 1. The molecule has 3 aromatic rings. The smallest absolute Gasteiger partial charge is 0.282 e. The third kappa shape index (κ3) is 4.37. The van der Waals surface area contributed by atoms with E-state index in [2.05, 4.69) is 33.1 Å². The highest BCUT2D eigenvalue weighted by molar-refractivity contribution is 5.87. The van der Waals surface area contributed by atoms with Crippen molar-refractivity contribution in [1.29, 1.82) is 0 Å². The summed E-state index contributed by atoms with van der Waals surface area (Å²) in [5.74, 6) is 3.02. The van der Waals surface area contributed by atoms with Crippen LogP contribution in [0.2, 0.25) is 0 Å². The maximum Gasteiger partial charge on any atom is 0.282 e. The van der Waals surface area contributed by atoms with Crippen molar-refractivity contribution in [3.8, 4) is 11.5 Å². The maximum absolute atomic E-state index is 12.9. The first-order valence-corrected chi connectivity index (χ1v) is 11.1. The number of rotatable bonds is 5. The average molecular weight is 450 g/mol. The molecule has 1 N–H and O–H groups in total. The number of aromatic amines is 1. The van der Waals surface area contributed by atoms with Gasteiger partial charge in [-0.25, -0.2) is 4.99 Å². The number of hydrogen-bond donors (Lipinski definition) is 1. The van der Waals surface area contributed by atoms with Crippen molar-refractivity contribution in [1.82, 2.24) is 14.9 Å². The molecule has 0 radical (unpaired) electrons. The van der Waals surface area contributed by atoms with Gasteiger partial charge in [-0.15, -0.1) is 0 Å². The molecule has 2 heterocycles. The largest absolute Gasteiger partial charge is 0.493 e. The average Bonchev–Trinajstić information content (AvgIpc) is 3.29. The Morgan fingerprint density at radius 1 is 1.24 bits per heavy atom. The van der Waals surface area contributed by atoms with E-state index in [4.69, 9.17) is 14.5 Å². The van der Waals surface area contributed by atoms with E-state index in [-0.39, 0.29) is 5.56 Å². The minimum atomic E-state index is -0.267. The third-order valence-electron chi connectivity index (χ3n) is 6.34. The van der Waals surface area contributed by atoms with E-state index in [1.165, 1.54) is 5.56 Å². The number of aromatic nitrogens is 2. The molecule has 2 aromatic carbocycles. The van der Waals surface area contributed by atoms with Gasteiger partial charge in [-0.05, 0) is 38.0 Å². The summed E-state index contributed by atoms with van der Waals surface area (Å²) < 4.78 is 10.9. The fraction of sp³-hybridized carbons (Fsp3) is 0.400. The molecule has 0 spiro atoms. The Morgan fingerprint density at radius 3 is 2.73 bits per heavy atom. The first kappa shape index (κ1) is 22.6. The zero-order chi connectivity index (χ0) is 23.7. The zero-order valence-electron chi connectivity index (χ0n) is 20.1. The van der Waals surface area contributed by atoms with Crippen molar-refractivity contribution < 1.29 is 9.47 Å². The molecule has 1 saturated heterocycles. The molecule has 33 heavy (non-hydrogen) atoms. The van der Waals surface area contributed by atoms with Crippen LogP contribution in [0.4, 0.5) is 11.6 Å². The van der Waals surface area contributed by atoms with Gasteiger partial charge in [-0.3, -0.25) is 4.79 Å². The van der Waals surface area contributed by atoms with Crippen LogP contribution in [0.15, 0.2) is 40.1 Å². The van der Waals surface area contributed by atoms with Crippen LogP contribution in [-0.4, -0.2) is 62.1 Å². The van der Waals surface area contributed by atoms with Gasteiger partial charge in [0.1, 0.15) is 5.84 Å². The number of benzene rings is 2. The molecule has 0 bridgehead atoms. The highest BCUT2D eigenvalue weighted by atomic mass is 16.5. The van der Waals surface area contributed by atoms with Crippen LogP contribution in [0.3, 0.4) is 0 Å². The second-order valence-corrected chi connectivity index (χ2v) is 8.61. The number of nitrogens with zero attached hydrogens (tertiary/aromatic N) is 4. The van der Waals surface area contributed by atoms with Gasteiger partial charge in [0.25, 0.3) is 5.56 Å². The topological polar surface area (TPSA) is 83.0 Å². The van der Waals surface area contributed by atoms with Crippen molar-refractivity contribution in [3.63, 3.8) is 0 Å². The Balaban J connectivity index is 1.63. The van der Waals surface area contributed by atoms with Crippen molar-refractivity contribution in [3.05, 3.63) is 51.8 Å². The molecule has 4 rings (SSSR count). The van der Waals surface area contributed by atoms with Crippen LogP contribution in [0.1, 0.15) is 30.4 Å². The van der Waals surface area contributed by atoms with E-state index < -0.39 is 0 Å². The molecule has 8 nitrogen and oxygen atoms in total. The van der Waals surface area contributed by atoms with Gasteiger partial charge in [0.05, 0.1) is 30.8 Å². The fourth-order valence-corrected chi connectivity index (χ4v) is 4.36. The van der Waals surface area contributed by atoms with Crippen LogP contribution in [0.25, 0.3) is 10.9 Å². The van der Waals surface area contributed by atoms with Crippen molar-refractivity contribution >= 4 is 28.4 Å². The van der Waals surface area contributed by atoms with E-state index in [0.717, 1.165) is 36.6 Å². The Labute approximate surface area is 193 Å². The molecule has 1 aliphatic rings. The summed E-state index contributed by atoms with van der Waals surface area (Å²) >= 11 is 0. The molecule has 1 aliphatic heterocycles. The van der Waals surface area contributed by atoms with Crippen LogP contribution in [0, 0.1) is 6.92 Å². The summed E-state index contributed by atoms with van der Waals surface area (Å²) in [5.41, 5.74) is 3.34. The quantitative estimate of drug-likeness (QED) is 0.471. The second-order valence-electron chi connectivity index (χ2n) is 8.61. The molecule has 0 amide bonds. The number of nitrogens with one attached hydrogen (secondary N) is 1. The Morgan fingerprint density at radius 2 is 2.03 bits per heavy atom. The highest BCUT2D eigenvalue weighted by Crippen LogP contribution is 2.36. The van der Waals surface area contributed by atoms with Crippen molar-refractivity contribution in [2.45, 2.75) is 26.2 Å². The van der Waals surface area contributed by atoms with Gasteiger partial charge in [0.2, 0.25) is 5.95 Å². The SMILES string of the molecule is COc1cc2[nH]c(N3CCC(c4cccc(N=C(C)N(C)C)c4)C3)nc(=O)c2c(C)c1OC. The number of methoxy groups -OCH3 is 2. The van der Waals surface area contributed by atoms with Crippen molar-refractivity contribution in [2.75, 3.05) is 46.3 Å². The lowest BCUT2D eigenvalue weighted by atomic mass is 9.98. The minimum Gasteiger partial charge on any atom is -0.493 e. The number of ether oxygens (including phenoxy) is 2. The molecular weight excluding hydrogens is 418 g/mol. The normalized spacial score (nSPS) is 16.4. The van der Waals surface area contributed by atoms with Gasteiger partial charge in [0, 0.05) is 44.7 Å². The van der Waals surface area contributed by atoms with Crippen LogP contribution in [0.5, 0.6) is 11.5 Å². The summed E-state index contributed by atoms with van der Waals surface area (Å²) in [6, 6.07) is 10.2. The second kappa shape index (κ2) is 9.13. The number of hydrogen-bond acceptors (Lipinski definition) is 6. The van der Waals surface area contributed by atoms with Crippen LogP contribution >= 0.6 is 0 Å². The summed E-state index contributed by atoms with van der Waals surface area (Å²) in [7, 11) is 7.13. The first-order chi connectivity index (χ1) is 15.8. The molecule has 1 atom stereocenters. The van der Waals surface area contributed by atoms with Gasteiger partial charge in [0.15, 0.2) is 11.5 Å². The Kier molecular flexibility index (Phi) is 6.26. The van der Waals surface area contributed by atoms with Crippen LogP contribution < -0.4 is 19.9 Å². The highest BCUT2D eigenvalue weighted by Gasteiger charge is 2.26. The lowest BCUT2D eigenvalue weighted by Crippen LogP contribution is -2.25. The molecular formula is C25H31N5O3. The predicted octanol–water partition coefficient (Wildman–Crippen LogP) is 3.85. The molecule has 0 saturated carbocycles. The number of amidine groups is 1. The van der Waals surface area contributed by atoms with Gasteiger partial charge in [-0.1, -0.05) is 12.1 Å². The van der Waals surface area contributed by atoms with E-state index >= 15 is 0 Å². The number of aryl methyl sites for hydroxylation is 1. The van der Waals surface area contributed by atoms with Gasteiger partial charge < -0.3 is 24.3 Å². The summed E-state index contributed by atoms with van der Waals surface area (Å²) in [5, 5.41) is 0.522. The summed E-state index contributed by atoms with van der Waals surface area (Å²) in [6.45, 7) is 5.44. The number of fused-ring (bicyclic) bond motifs is 1. The van der Waals surface area contributed by atoms with Crippen LogP contribution in [-0.2, 0) is 0 Å². The first-order valence-electron chi connectivity index (χ1n) is 11.1. The fourth-order valence-electron chi connectivity index (χ4n) is 4.36. The molecule has 1 aromatic heterocycles.